The van der Waals surface area contributed by atoms with Crippen LogP contribution in [-0.2, 0) is 36.7 Å². The molecule has 0 atom stereocenters. The predicted molar refractivity (Wildman–Crippen MR) is 128 cm³/mol. The number of benzene rings is 2. The zero-order chi connectivity index (χ0) is 24.3. The number of carbonyl (C=O) groups excluding carboxylic acids is 3. The van der Waals surface area contributed by atoms with Crippen molar-refractivity contribution in [3.05, 3.63) is 59.7 Å². The van der Waals surface area contributed by atoms with Crippen LogP contribution < -0.4 is 5.73 Å². The van der Waals surface area contributed by atoms with Gasteiger partial charge in [-0.25, -0.2) is 0 Å². The Morgan fingerprint density at radius 2 is 1.48 bits per heavy atom. The van der Waals surface area contributed by atoms with Crippen LogP contribution in [0.25, 0.3) is 11.1 Å². The molecule has 0 aliphatic heterocycles. The van der Waals surface area contributed by atoms with Crippen LogP contribution in [0.15, 0.2) is 48.5 Å². The fourth-order valence-corrected chi connectivity index (χ4v) is 3.82. The fraction of sp³-hybridized carbons (Fsp3) is 0.444. The van der Waals surface area contributed by atoms with Crippen molar-refractivity contribution in [2.75, 3.05) is 13.2 Å². The minimum Gasteiger partial charge on any atom is -0.465 e. The van der Waals surface area contributed by atoms with Gasteiger partial charge >= 0.3 is 11.9 Å². The number of rotatable bonds is 13. The van der Waals surface area contributed by atoms with Gasteiger partial charge in [0.1, 0.15) is 13.2 Å². The van der Waals surface area contributed by atoms with E-state index in [1.54, 1.807) is 0 Å². The second-order valence-corrected chi connectivity index (χ2v) is 8.70. The Bertz CT molecular complexity index is 918. The molecule has 178 valence electrons. The third kappa shape index (κ3) is 9.08. The van der Waals surface area contributed by atoms with Gasteiger partial charge in [-0.05, 0) is 47.9 Å². The van der Waals surface area contributed by atoms with E-state index in [-0.39, 0.29) is 19.6 Å². The minimum atomic E-state index is -0.875. The minimum absolute atomic E-state index is 0.0442. The van der Waals surface area contributed by atoms with Crippen molar-refractivity contribution in [3.8, 4) is 11.1 Å². The second kappa shape index (κ2) is 12.8. The lowest BCUT2D eigenvalue weighted by atomic mass is 9.80. The van der Waals surface area contributed by atoms with Gasteiger partial charge in [-0.3, -0.25) is 14.4 Å². The highest BCUT2D eigenvalue weighted by Gasteiger charge is 2.35. The normalized spacial score (nSPS) is 11.1. The summed E-state index contributed by atoms with van der Waals surface area (Å²) in [6, 6.07) is 16.8. The Kier molecular flexibility index (Phi) is 10.1. The first-order chi connectivity index (χ1) is 15.7. The lowest BCUT2D eigenvalue weighted by Gasteiger charge is -2.31. The van der Waals surface area contributed by atoms with Gasteiger partial charge in [0.2, 0.25) is 5.91 Å². The topological polar surface area (TPSA) is 95.7 Å². The van der Waals surface area contributed by atoms with E-state index in [2.05, 4.69) is 43.3 Å². The van der Waals surface area contributed by atoms with Crippen LogP contribution in [0.5, 0.6) is 0 Å². The van der Waals surface area contributed by atoms with Gasteiger partial charge < -0.3 is 15.2 Å². The standard InChI is InChI=1S/C27H35NO5/c1-4-5-7-22-10-12-24(13-11-22)25-9-6-8-23(16-25)14-15-27(17-26(28)31,18-32-20(2)29)19-33-21(3)30/h6,8-13,16H,4-5,7,14-15,17-19H2,1-3H3,(H2,28,31). The van der Waals surface area contributed by atoms with Crippen LogP contribution in [0.4, 0.5) is 0 Å². The molecule has 0 aliphatic rings. The van der Waals surface area contributed by atoms with Crippen molar-refractivity contribution in [3.63, 3.8) is 0 Å². The Morgan fingerprint density at radius 1 is 0.848 bits per heavy atom. The molecule has 0 aromatic heterocycles. The average Bonchev–Trinajstić information content (AvgIpc) is 2.79. The van der Waals surface area contributed by atoms with Crippen molar-refractivity contribution in [2.24, 2.45) is 11.1 Å². The first kappa shape index (κ1) is 26.1. The van der Waals surface area contributed by atoms with E-state index in [1.807, 2.05) is 12.1 Å². The second-order valence-electron chi connectivity index (χ2n) is 8.70. The summed E-state index contributed by atoms with van der Waals surface area (Å²) in [6.45, 7) is 4.71. The third-order valence-corrected chi connectivity index (χ3v) is 5.69. The van der Waals surface area contributed by atoms with E-state index >= 15 is 0 Å². The summed E-state index contributed by atoms with van der Waals surface area (Å²) in [4.78, 5) is 34.6. The van der Waals surface area contributed by atoms with E-state index in [9.17, 15) is 14.4 Å². The molecule has 0 spiro atoms. The highest BCUT2D eigenvalue weighted by molar-refractivity contribution is 5.75. The molecule has 0 unspecified atom stereocenters. The van der Waals surface area contributed by atoms with Crippen molar-refractivity contribution < 1.29 is 23.9 Å². The summed E-state index contributed by atoms with van der Waals surface area (Å²) in [7, 11) is 0. The number of aryl methyl sites for hydroxylation is 2. The number of hydrogen-bond donors (Lipinski definition) is 1. The van der Waals surface area contributed by atoms with Gasteiger partial charge in [0.25, 0.3) is 0 Å². The molecule has 1 amide bonds. The van der Waals surface area contributed by atoms with E-state index in [0.29, 0.717) is 12.8 Å². The Hall–Kier alpha value is -3.15. The van der Waals surface area contributed by atoms with Crippen molar-refractivity contribution in [2.45, 2.75) is 59.3 Å². The maximum Gasteiger partial charge on any atom is 0.302 e. The molecule has 0 bridgehead atoms. The van der Waals surface area contributed by atoms with Gasteiger partial charge in [0.15, 0.2) is 0 Å². The maximum atomic E-state index is 11.8. The number of carbonyl (C=O) groups is 3. The van der Waals surface area contributed by atoms with Crippen LogP contribution in [0.1, 0.15) is 57.6 Å². The lowest BCUT2D eigenvalue weighted by Crippen LogP contribution is -2.38. The van der Waals surface area contributed by atoms with E-state index in [4.69, 9.17) is 15.2 Å². The zero-order valence-electron chi connectivity index (χ0n) is 19.9. The molecule has 0 fully saturated rings. The zero-order valence-corrected chi connectivity index (χ0v) is 19.9. The van der Waals surface area contributed by atoms with Gasteiger partial charge in [0, 0.05) is 25.7 Å². The monoisotopic (exact) mass is 453 g/mol. The molecule has 0 saturated heterocycles. The molecule has 2 aromatic rings. The summed E-state index contributed by atoms with van der Waals surface area (Å²) < 4.78 is 10.4. The number of primary amides is 1. The van der Waals surface area contributed by atoms with Crippen LogP contribution in [0, 0.1) is 5.41 Å². The molecular formula is C27H35NO5. The van der Waals surface area contributed by atoms with Gasteiger partial charge in [-0.15, -0.1) is 0 Å². The van der Waals surface area contributed by atoms with Crippen LogP contribution >= 0.6 is 0 Å². The molecular weight excluding hydrogens is 418 g/mol. The van der Waals surface area contributed by atoms with Crippen LogP contribution in [0.3, 0.4) is 0 Å². The molecule has 0 heterocycles. The van der Waals surface area contributed by atoms with E-state index in [0.717, 1.165) is 23.1 Å². The molecule has 33 heavy (non-hydrogen) atoms. The van der Waals surface area contributed by atoms with Gasteiger partial charge in [-0.1, -0.05) is 61.9 Å². The number of esters is 2. The summed E-state index contributed by atoms with van der Waals surface area (Å²) in [5.41, 5.74) is 9.26. The lowest BCUT2D eigenvalue weighted by molar-refractivity contribution is -0.154. The molecule has 2 rings (SSSR count). The molecule has 6 nitrogen and oxygen atoms in total. The average molecular weight is 454 g/mol. The van der Waals surface area contributed by atoms with Crippen LogP contribution in [0.2, 0.25) is 0 Å². The molecule has 6 heteroatoms. The van der Waals surface area contributed by atoms with Crippen molar-refractivity contribution in [1.29, 1.82) is 0 Å². The Labute approximate surface area is 196 Å². The van der Waals surface area contributed by atoms with E-state index in [1.165, 1.54) is 32.3 Å². The maximum absolute atomic E-state index is 11.8. The van der Waals surface area contributed by atoms with Gasteiger partial charge in [0.05, 0.1) is 0 Å². The first-order valence-electron chi connectivity index (χ1n) is 11.5. The summed E-state index contributed by atoms with van der Waals surface area (Å²) in [5, 5.41) is 0. The molecule has 0 radical (unpaired) electrons. The largest absolute Gasteiger partial charge is 0.465 e. The summed E-state index contributed by atoms with van der Waals surface area (Å²) in [5.74, 6) is -1.46. The first-order valence-corrected chi connectivity index (χ1v) is 11.5. The predicted octanol–water partition coefficient (Wildman–Crippen LogP) is 4.62. The van der Waals surface area contributed by atoms with E-state index < -0.39 is 23.3 Å². The molecule has 2 N–H and O–H groups in total. The number of nitrogens with two attached hydrogens (primary N) is 1. The Balaban J connectivity index is 2.19. The number of unbranched alkanes of at least 4 members (excludes halogenated alkanes) is 1. The molecule has 0 saturated carbocycles. The van der Waals surface area contributed by atoms with Crippen LogP contribution in [-0.4, -0.2) is 31.1 Å². The molecule has 0 aliphatic carbocycles. The van der Waals surface area contributed by atoms with Crippen molar-refractivity contribution in [1.82, 2.24) is 0 Å². The molecule has 2 aromatic carbocycles. The number of hydrogen-bond acceptors (Lipinski definition) is 5. The quantitative estimate of drug-likeness (QED) is 0.447. The fourth-order valence-electron chi connectivity index (χ4n) is 3.82. The Morgan fingerprint density at radius 3 is 2.03 bits per heavy atom. The summed E-state index contributed by atoms with van der Waals surface area (Å²) in [6.07, 6.45) is 4.47. The SMILES string of the molecule is CCCCc1ccc(-c2cccc(CCC(COC(C)=O)(COC(C)=O)CC(N)=O)c2)cc1. The third-order valence-electron chi connectivity index (χ3n) is 5.69. The number of amides is 1. The smallest absolute Gasteiger partial charge is 0.302 e. The number of ether oxygens (including phenoxy) is 2. The highest BCUT2D eigenvalue weighted by atomic mass is 16.5. The van der Waals surface area contributed by atoms with Gasteiger partial charge in [-0.2, -0.15) is 0 Å². The highest BCUT2D eigenvalue weighted by Crippen LogP contribution is 2.31. The summed E-state index contributed by atoms with van der Waals surface area (Å²) >= 11 is 0. The van der Waals surface area contributed by atoms with Crippen molar-refractivity contribution >= 4 is 17.8 Å².